The van der Waals surface area contributed by atoms with Crippen molar-refractivity contribution >= 4 is 29.0 Å². The number of urea groups is 1. The van der Waals surface area contributed by atoms with Crippen LogP contribution < -0.4 is 15.0 Å². The molecule has 2 aromatic carbocycles. The smallest absolute Gasteiger partial charge is 0.417 e. The number of ether oxygens (including phenoxy) is 1. The van der Waals surface area contributed by atoms with Crippen molar-refractivity contribution in [1.82, 2.24) is 4.90 Å². The summed E-state index contributed by atoms with van der Waals surface area (Å²) in [5.74, 6) is 0.786. The molecule has 0 atom stereocenters. The van der Waals surface area contributed by atoms with E-state index in [1.165, 1.54) is 6.07 Å². The molecule has 2 amide bonds. The molecule has 5 nitrogen and oxygen atoms in total. The second kappa shape index (κ2) is 8.82. The fourth-order valence-corrected chi connectivity index (χ4v) is 3.39. The number of halogens is 4. The quantitative estimate of drug-likeness (QED) is 0.737. The van der Waals surface area contributed by atoms with Crippen molar-refractivity contribution in [1.29, 1.82) is 0 Å². The maximum absolute atomic E-state index is 13.0. The van der Waals surface area contributed by atoms with E-state index in [4.69, 9.17) is 16.3 Å². The molecule has 1 N–H and O–H groups in total. The van der Waals surface area contributed by atoms with Crippen molar-refractivity contribution in [2.45, 2.75) is 13.1 Å². The standard InChI is InChI=1S/C20H21ClF3N3O2/c1-2-29-18-6-4-3-5-17(18)26-9-11-27(12-10-26)19(28)25-14-7-8-16(21)15(13-14)20(22,23)24/h3-8,13H,2,9-12H2,1H3,(H,25,28). The zero-order chi connectivity index (χ0) is 21.0. The minimum Gasteiger partial charge on any atom is -0.492 e. The molecule has 0 saturated carbocycles. The van der Waals surface area contributed by atoms with E-state index in [9.17, 15) is 18.0 Å². The van der Waals surface area contributed by atoms with Crippen molar-refractivity contribution in [2.24, 2.45) is 0 Å². The summed E-state index contributed by atoms with van der Waals surface area (Å²) < 4.78 is 44.6. The summed E-state index contributed by atoms with van der Waals surface area (Å²) in [6, 6.07) is 10.6. The average molecular weight is 428 g/mol. The van der Waals surface area contributed by atoms with Crippen LogP contribution in [0.5, 0.6) is 5.75 Å². The normalized spacial score (nSPS) is 14.7. The van der Waals surface area contributed by atoms with E-state index < -0.39 is 22.8 Å². The number of hydrogen-bond donors (Lipinski definition) is 1. The Kier molecular flexibility index (Phi) is 6.42. The number of hydrogen-bond acceptors (Lipinski definition) is 3. The molecular formula is C20H21ClF3N3O2. The molecule has 9 heteroatoms. The highest BCUT2D eigenvalue weighted by Gasteiger charge is 2.33. The number of nitrogens with zero attached hydrogens (tertiary/aromatic N) is 2. The first-order valence-electron chi connectivity index (χ1n) is 9.19. The molecule has 1 fully saturated rings. The summed E-state index contributed by atoms with van der Waals surface area (Å²) in [7, 11) is 0. The molecule has 0 bridgehead atoms. The minimum atomic E-state index is -4.59. The molecule has 0 radical (unpaired) electrons. The molecule has 0 unspecified atom stereocenters. The van der Waals surface area contributed by atoms with Gasteiger partial charge in [-0.1, -0.05) is 23.7 Å². The molecule has 1 heterocycles. The van der Waals surface area contributed by atoms with Gasteiger partial charge in [0.1, 0.15) is 5.75 Å². The maximum Gasteiger partial charge on any atom is 0.417 e. The highest BCUT2D eigenvalue weighted by Crippen LogP contribution is 2.36. The van der Waals surface area contributed by atoms with Gasteiger partial charge in [-0.05, 0) is 37.3 Å². The van der Waals surface area contributed by atoms with Gasteiger partial charge in [0.15, 0.2) is 0 Å². The van der Waals surface area contributed by atoms with Crippen LogP contribution in [0.3, 0.4) is 0 Å². The number of rotatable bonds is 4. The van der Waals surface area contributed by atoms with E-state index >= 15 is 0 Å². The third kappa shape index (κ3) is 5.06. The Morgan fingerprint density at radius 2 is 1.83 bits per heavy atom. The van der Waals surface area contributed by atoms with Crippen molar-refractivity contribution in [3.05, 3.63) is 53.1 Å². The van der Waals surface area contributed by atoms with Crippen LogP contribution in [0.4, 0.5) is 29.3 Å². The summed E-state index contributed by atoms with van der Waals surface area (Å²) in [5.41, 5.74) is 0.0343. The van der Waals surface area contributed by atoms with Gasteiger partial charge in [-0.3, -0.25) is 0 Å². The van der Waals surface area contributed by atoms with Gasteiger partial charge >= 0.3 is 12.2 Å². The van der Waals surface area contributed by atoms with E-state index in [1.54, 1.807) is 4.90 Å². The third-order valence-electron chi connectivity index (χ3n) is 4.60. The van der Waals surface area contributed by atoms with Crippen LogP contribution >= 0.6 is 11.6 Å². The molecule has 2 aromatic rings. The lowest BCUT2D eigenvalue weighted by molar-refractivity contribution is -0.137. The van der Waals surface area contributed by atoms with Gasteiger partial charge in [-0.2, -0.15) is 13.2 Å². The molecular weight excluding hydrogens is 407 g/mol. The van der Waals surface area contributed by atoms with Gasteiger partial charge in [-0.15, -0.1) is 0 Å². The van der Waals surface area contributed by atoms with Gasteiger partial charge < -0.3 is 19.9 Å². The Labute approximate surface area is 172 Å². The monoisotopic (exact) mass is 427 g/mol. The maximum atomic E-state index is 13.0. The Morgan fingerprint density at radius 3 is 2.48 bits per heavy atom. The number of para-hydroxylation sites is 2. The summed E-state index contributed by atoms with van der Waals surface area (Å²) in [6.07, 6.45) is -4.59. The molecule has 0 spiro atoms. The molecule has 0 aliphatic carbocycles. The summed E-state index contributed by atoms with van der Waals surface area (Å²) in [6.45, 7) is 4.52. The van der Waals surface area contributed by atoms with Gasteiger partial charge in [0.05, 0.1) is 22.9 Å². The third-order valence-corrected chi connectivity index (χ3v) is 4.93. The molecule has 156 valence electrons. The van der Waals surface area contributed by atoms with Gasteiger partial charge in [0.2, 0.25) is 0 Å². The Bertz CT molecular complexity index is 868. The lowest BCUT2D eigenvalue weighted by Crippen LogP contribution is -2.50. The number of anilines is 2. The van der Waals surface area contributed by atoms with Crippen molar-refractivity contribution in [2.75, 3.05) is 43.0 Å². The first kappa shape index (κ1) is 21.1. The van der Waals surface area contributed by atoms with Crippen LogP contribution in [0.25, 0.3) is 0 Å². The number of benzene rings is 2. The number of amides is 2. The first-order chi connectivity index (χ1) is 13.8. The van der Waals surface area contributed by atoms with Crippen molar-refractivity contribution in [3.8, 4) is 5.75 Å². The van der Waals surface area contributed by atoms with Gasteiger partial charge in [-0.25, -0.2) is 4.79 Å². The molecule has 0 aromatic heterocycles. The van der Waals surface area contributed by atoms with Crippen LogP contribution in [0, 0.1) is 0 Å². The zero-order valence-corrected chi connectivity index (χ0v) is 16.6. The fraction of sp³-hybridized carbons (Fsp3) is 0.350. The predicted octanol–water partition coefficient (Wildman–Crippen LogP) is 5.11. The number of piperazine rings is 1. The largest absolute Gasteiger partial charge is 0.492 e. The van der Waals surface area contributed by atoms with Crippen LogP contribution in [0.15, 0.2) is 42.5 Å². The topological polar surface area (TPSA) is 44.8 Å². The summed E-state index contributed by atoms with van der Waals surface area (Å²) >= 11 is 5.62. The highest BCUT2D eigenvalue weighted by molar-refractivity contribution is 6.31. The minimum absolute atomic E-state index is 0.0517. The number of carbonyl (C=O) groups is 1. The zero-order valence-electron chi connectivity index (χ0n) is 15.8. The SMILES string of the molecule is CCOc1ccccc1N1CCN(C(=O)Nc2ccc(Cl)c(C(F)(F)F)c2)CC1. The lowest BCUT2D eigenvalue weighted by Gasteiger charge is -2.36. The average Bonchev–Trinajstić information content (AvgIpc) is 2.69. The first-order valence-corrected chi connectivity index (χ1v) is 9.57. The summed E-state index contributed by atoms with van der Waals surface area (Å²) in [4.78, 5) is 16.2. The van der Waals surface area contributed by atoms with Gasteiger partial charge in [0, 0.05) is 31.9 Å². The highest BCUT2D eigenvalue weighted by atomic mass is 35.5. The van der Waals surface area contributed by atoms with Crippen molar-refractivity contribution in [3.63, 3.8) is 0 Å². The van der Waals surface area contributed by atoms with E-state index in [-0.39, 0.29) is 5.69 Å². The van der Waals surface area contributed by atoms with Crippen LogP contribution in [0.1, 0.15) is 12.5 Å². The Hall–Kier alpha value is -2.61. The van der Waals surface area contributed by atoms with E-state index in [0.717, 1.165) is 23.6 Å². The molecule has 1 saturated heterocycles. The predicted molar refractivity (Wildman–Crippen MR) is 107 cm³/mol. The van der Waals surface area contributed by atoms with E-state index in [0.29, 0.717) is 32.8 Å². The van der Waals surface area contributed by atoms with Crippen LogP contribution in [-0.2, 0) is 6.18 Å². The molecule has 1 aliphatic heterocycles. The second-order valence-electron chi connectivity index (χ2n) is 6.50. The van der Waals surface area contributed by atoms with E-state index in [2.05, 4.69) is 10.2 Å². The van der Waals surface area contributed by atoms with Crippen molar-refractivity contribution < 1.29 is 22.7 Å². The van der Waals surface area contributed by atoms with E-state index in [1.807, 2.05) is 31.2 Å². The lowest BCUT2D eigenvalue weighted by atomic mass is 10.2. The number of nitrogens with one attached hydrogen (secondary N) is 1. The fourth-order valence-electron chi connectivity index (χ4n) is 3.17. The molecule has 3 rings (SSSR count). The molecule has 29 heavy (non-hydrogen) atoms. The Morgan fingerprint density at radius 1 is 1.14 bits per heavy atom. The number of carbonyl (C=O) groups excluding carboxylic acids is 1. The summed E-state index contributed by atoms with van der Waals surface area (Å²) in [5, 5.41) is 2.12. The van der Waals surface area contributed by atoms with Crippen LogP contribution in [0.2, 0.25) is 5.02 Å². The molecule has 1 aliphatic rings. The Balaban J connectivity index is 1.63. The number of alkyl halides is 3. The second-order valence-corrected chi connectivity index (χ2v) is 6.90. The van der Waals surface area contributed by atoms with Gasteiger partial charge in [0.25, 0.3) is 0 Å². The van der Waals surface area contributed by atoms with Crippen LogP contribution in [-0.4, -0.2) is 43.7 Å².